The summed E-state index contributed by atoms with van der Waals surface area (Å²) in [5, 5.41) is 0. The van der Waals surface area contributed by atoms with Gasteiger partial charge < -0.3 is 10.6 Å². The largest absolute Gasteiger partial charge is 0.330 e. The number of rotatable bonds is 4. The molecule has 1 heterocycles. The molecule has 0 aromatic heterocycles. The molecule has 2 unspecified atom stereocenters. The number of thiol groups is 1. The molecule has 2 nitrogen and oxygen atoms in total. The van der Waals surface area contributed by atoms with Crippen LogP contribution < -0.4 is 5.73 Å². The highest BCUT2D eigenvalue weighted by Crippen LogP contribution is 2.25. The minimum atomic E-state index is 0.618. The summed E-state index contributed by atoms with van der Waals surface area (Å²) in [6.45, 7) is 7.79. The molecule has 3 heteroatoms. The van der Waals surface area contributed by atoms with Crippen LogP contribution in [0.4, 0.5) is 0 Å². The van der Waals surface area contributed by atoms with E-state index in [-0.39, 0.29) is 0 Å². The second kappa shape index (κ2) is 5.23. The molecule has 13 heavy (non-hydrogen) atoms. The lowest BCUT2D eigenvalue weighted by atomic mass is 9.93. The summed E-state index contributed by atoms with van der Waals surface area (Å²) < 4.78 is 0. The fourth-order valence-electron chi connectivity index (χ4n) is 2.09. The van der Waals surface area contributed by atoms with Crippen molar-refractivity contribution in [1.82, 2.24) is 4.90 Å². The van der Waals surface area contributed by atoms with E-state index in [2.05, 4.69) is 31.4 Å². The average molecular weight is 202 g/mol. The highest BCUT2D eigenvalue weighted by Gasteiger charge is 2.28. The van der Waals surface area contributed by atoms with Crippen LogP contribution in [0.25, 0.3) is 0 Å². The molecule has 2 N–H and O–H groups in total. The predicted molar refractivity (Wildman–Crippen MR) is 61.2 cm³/mol. The van der Waals surface area contributed by atoms with Gasteiger partial charge in [-0.3, -0.25) is 0 Å². The summed E-state index contributed by atoms with van der Waals surface area (Å²) in [6.07, 6.45) is 1.31. The zero-order valence-electron chi connectivity index (χ0n) is 8.74. The first kappa shape index (κ1) is 11.3. The zero-order chi connectivity index (χ0) is 9.84. The van der Waals surface area contributed by atoms with Crippen LogP contribution in [0.15, 0.2) is 0 Å². The van der Waals surface area contributed by atoms with Crippen molar-refractivity contribution >= 4 is 12.6 Å². The van der Waals surface area contributed by atoms with Crippen LogP contribution in [-0.4, -0.2) is 36.3 Å². The van der Waals surface area contributed by atoms with E-state index in [9.17, 15) is 0 Å². The molecule has 0 aromatic rings. The quantitative estimate of drug-likeness (QED) is 0.671. The van der Waals surface area contributed by atoms with Crippen molar-refractivity contribution in [1.29, 1.82) is 0 Å². The number of hydrogen-bond acceptors (Lipinski definition) is 3. The van der Waals surface area contributed by atoms with Gasteiger partial charge in [0.15, 0.2) is 0 Å². The second-order valence-electron chi connectivity index (χ2n) is 4.32. The topological polar surface area (TPSA) is 29.3 Å². The molecule has 0 aliphatic carbocycles. The summed E-state index contributed by atoms with van der Waals surface area (Å²) in [4.78, 5) is 2.54. The van der Waals surface area contributed by atoms with Gasteiger partial charge in [-0.1, -0.05) is 0 Å². The van der Waals surface area contributed by atoms with Gasteiger partial charge in [-0.05, 0) is 50.9 Å². The molecule has 2 atom stereocenters. The summed E-state index contributed by atoms with van der Waals surface area (Å²) in [7, 11) is 0. The van der Waals surface area contributed by atoms with Crippen molar-refractivity contribution in [3.8, 4) is 0 Å². The maximum absolute atomic E-state index is 5.72. The third-order valence-electron chi connectivity index (χ3n) is 3.19. The van der Waals surface area contributed by atoms with Crippen molar-refractivity contribution in [3.63, 3.8) is 0 Å². The maximum Gasteiger partial charge on any atom is 0.00387 e. The zero-order valence-corrected chi connectivity index (χ0v) is 9.63. The molecule has 1 aliphatic rings. The molecular formula is C10H22N2S. The number of likely N-dealkylation sites (tertiary alicyclic amines) is 1. The highest BCUT2D eigenvalue weighted by atomic mass is 32.1. The molecule has 0 amide bonds. The molecule has 1 aliphatic heterocycles. The minimum Gasteiger partial charge on any atom is -0.330 e. The molecule has 1 saturated heterocycles. The van der Waals surface area contributed by atoms with Crippen molar-refractivity contribution in [2.24, 2.45) is 17.6 Å². The molecule has 0 bridgehead atoms. The van der Waals surface area contributed by atoms with Crippen LogP contribution in [-0.2, 0) is 0 Å². The number of nitrogens with zero attached hydrogens (tertiary/aromatic N) is 1. The number of hydrogen-bond donors (Lipinski definition) is 2. The smallest absolute Gasteiger partial charge is 0.00387 e. The summed E-state index contributed by atoms with van der Waals surface area (Å²) in [6, 6.07) is 0.684. The maximum atomic E-state index is 5.72. The van der Waals surface area contributed by atoms with Crippen molar-refractivity contribution < 1.29 is 0 Å². The van der Waals surface area contributed by atoms with Crippen molar-refractivity contribution in [3.05, 3.63) is 0 Å². The lowest BCUT2D eigenvalue weighted by Crippen LogP contribution is -2.31. The molecule has 1 fully saturated rings. The van der Waals surface area contributed by atoms with E-state index in [1.54, 1.807) is 0 Å². The molecule has 78 valence electrons. The fraction of sp³-hybridized carbons (Fsp3) is 1.00. The van der Waals surface area contributed by atoms with Crippen LogP contribution in [0.2, 0.25) is 0 Å². The molecule has 0 aromatic carbocycles. The van der Waals surface area contributed by atoms with Gasteiger partial charge >= 0.3 is 0 Å². The van der Waals surface area contributed by atoms with Crippen LogP contribution in [0.5, 0.6) is 0 Å². The van der Waals surface area contributed by atoms with E-state index in [0.717, 1.165) is 18.2 Å². The molecule has 0 saturated carbocycles. The Bertz CT molecular complexity index is 146. The van der Waals surface area contributed by atoms with Gasteiger partial charge in [0.25, 0.3) is 0 Å². The van der Waals surface area contributed by atoms with E-state index in [0.29, 0.717) is 12.0 Å². The Morgan fingerprint density at radius 1 is 1.54 bits per heavy atom. The van der Waals surface area contributed by atoms with Crippen LogP contribution >= 0.6 is 12.6 Å². The average Bonchev–Trinajstić information content (AvgIpc) is 2.56. The van der Waals surface area contributed by atoms with Crippen molar-refractivity contribution in [2.75, 3.05) is 25.4 Å². The van der Waals surface area contributed by atoms with Gasteiger partial charge in [0, 0.05) is 12.6 Å². The second-order valence-corrected chi connectivity index (χ2v) is 4.68. The normalized spacial score (nSPS) is 27.0. The first-order valence-electron chi connectivity index (χ1n) is 5.24. The van der Waals surface area contributed by atoms with E-state index in [4.69, 9.17) is 5.73 Å². The first-order valence-corrected chi connectivity index (χ1v) is 5.87. The highest BCUT2D eigenvalue weighted by molar-refractivity contribution is 7.80. The first-order chi connectivity index (χ1) is 6.19. The molecular weight excluding hydrogens is 180 g/mol. The Morgan fingerprint density at radius 3 is 2.62 bits per heavy atom. The molecule has 1 rings (SSSR count). The third-order valence-corrected chi connectivity index (χ3v) is 3.66. The monoisotopic (exact) mass is 202 g/mol. The SMILES string of the molecule is CC(C)N1CCC(C(CN)CS)C1. The standard InChI is InChI=1S/C10H22N2S/c1-8(2)12-4-3-9(6-12)10(5-11)7-13/h8-10,13H,3-7,11H2,1-2H3. The lowest BCUT2D eigenvalue weighted by molar-refractivity contribution is 0.252. The summed E-state index contributed by atoms with van der Waals surface area (Å²) in [5.41, 5.74) is 5.72. The van der Waals surface area contributed by atoms with Gasteiger partial charge in [-0.2, -0.15) is 12.6 Å². The van der Waals surface area contributed by atoms with E-state index >= 15 is 0 Å². The van der Waals surface area contributed by atoms with Crippen LogP contribution in [0.1, 0.15) is 20.3 Å². The van der Waals surface area contributed by atoms with Gasteiger partial charge in [0.05, 0.1) is 0 Å². The third kappa shape index (κ3) is 2.86. The van der Waals surface area contributed by atoms with E-state index < -0.39 is 0 Å². The Kier molecular flexibility index (Phi) is 4.56. The van der Waals surface area contributed by atoms with Gasteiger partial charge in [0.2, 0.25) is 0 Å². The lowest BCUT2D eigenvalue weighted by Gasteiger charge is -2.23. The summed E-state index contributed by atoms with van der Waals surface area (Å²) in [5.74, 6) is 2.34. The van der Waals surface area contributed by atoms with E-state index in [1.165, 1.54) is 19.5 Å². The Morgan fingerprint density at radius 2 is 2.23 bits per heavy atom. The fourth-order valence-corrected chi connectivity index (χ4v) is 2.53. The van der Waals surface area contributed by atoms with Gasteiger partial charge in [-0.25, -0.2) is 0 Å². The van der Waals surface area contributed by atoms with Crippen LogP contribution in [0, 0.1) is 11.8 Å². The van der Waals surface area contributed by atoms with E-state index in [1.807, 2.05) is 0 Å². The van der Waals surface area contributed by atoms with Gasteiger partial charge in [0.1, 0.15) is 0 Å². The van der Waals surface area contributed by atoms with Crippen LogP contribution in [0.3, 0.4) is 0 Å². The van der Waals surface area contributed by atoms with Crippen molar-refractivity contribution in [2.45, 2.75) is 26.3 Å². The Labute approximate surface area is 87.3 Å². The van der Waals surface area contributed by atoms with Gasteiger partial charge in [-0.15, -0.1) is 0 Å². The predicted octanol–water partition coefficient (Wildman–Crippen LogP) is 1.22. The minimum absolute atomic E-state index is 0.618. The number of nitrogens with two attached hydrogens (primary N) is 1. The molecule has 0 radical (unpaired) electrons. The summed E-state index contributed by atoms with van der Waals surface area (Å²) >= 11 is 4.35. The Balaban J connectivity index is 2.39. The Hall–Kier alpha value is 0.270. The molecule has 0 spiro atoms.